The van der Waals surface area contributed by atoms with E-state index in [-0.39, 0.29) is 30.7 Å². The fourth-order valence-electron chi connectivity index (χ4n) is 5.16. The number of nitrogens with zero attached hydrogens (tertiary/aromatic N) is 1. The van der Waals surface area contributed by atoms with E-state index in [0.717, 1.165) is 22.7 Å². The van der Waals surface area contributed by atoms with Crippen LogP contribution in [0.15, 0.2) is 105 Å². The molecule has 0 saturated carbocycles. The smallest absolute Gasteiger partial charge is 0.323 e. The molecule has 0 unspecified atom stereocenters. The van der Waals surface area contributed by atoms with Crippen LogP contribution in [0.5, 0.6) is 0 Å². The number of rotatable bonds is 4. The van der Waals surface area contributed by atoms with E-state index >= 15 is 0 Å². The van der Waals surface area contributed by atoms with Crippen LogP contribution in [0.3, 0.4) is 0 Å². The number of halogens is 1. The van der Waals surface area contributed by atoms with Crippen molar-refractivity contribution in [2.75, 3.05) is 10.2 Å². The molecular weight excluding hydrogens is 490 g/mol. The lowest BCUT2D eigenvalue weighted by atomic mass is 9.80. The van der Waals surface area contributed by atoms with Crippen molar-refractivity contribution < 1.29 is 18.4 Å². The van der Waals surface area contributed by atoms with Gasteiger partial charge in [0, 0.05) is 28.6 Å². The topological polar surface area (TPSA) is 87.7 Å². The highest BCUT2D eigenvalue weighted by atomic mass is 35.5. The fraction of sp³-hybridized carbons (Fsp3) is 0.172. The van der Waals surface area contributed by atoms with E-state index in [2.05, 4.69) is 10.6 Å². The van der Waals surface area contributed by atoms with Crippen LogP contribution >= 0.6 is 11.6 Å². The van der Waals surface area contributed by atoms with Gasteiger partial charge in [0.25, 0.3) is 0 Å². The number of allylic oxidation sites excluding steroid dienone is 1. The largest absolute Gasteiger partial charge is 0.469 e. The molecule has 4 aromatic rings. The van der Waals surface area contributed by atoms with E-state index in [1.165, 1.54) is 0 Å². The minimum Gasteiger partial charge on any atom is -0.469 e. The molecule has 8 heteroatoms. The Hall–Kier alpha value is -4.23. The molecule has 0 saturated heterocycles. The zero-order chi connectivity index (χ0) is 25.4. The van der Waals surface area contributed by atoms with Crippen molar-refractivity contribution in [1.29, 1.82) is 0 Å². The Morgan fingerprint density at radius 2 is 1.76 bits per heavy atom. The average molecular weight is 514 g/mol. The summed E-state index contributed by atoms with van der Waals surface area (Å²) in [4.78, 5) is 29.4. The fourth-order valence-corrected chi connectivity index (χ4v) is 5.29. The lowest BCUT2D eigenvalue weighted by molar-refractivity contribution is -0.116. The summed E-state index contributed by atoms with van der Waals surface area (Å²) in [6.07, 6.45) is 4.06. The molecule has 6 rings (SSSR count). The van der Waals surface area contributed by atoms with Crippen molar-refractivity contribution in [3.63, 3.8) is 0 Å². The zero-order valence-electron chi connectivity index (χ0n) is 19.8. The third kappa shape index (κ3) is 4.42. The number of Topliss-reactive ketones (excluding diaryl/α,β-unsaturated/α-hetero) is 1. The second-order valence-electron chi connectivity index (χ2n) is 9.14. The number of ketones is 1. The van der Waals surface area contributed by atoms with Crippen LogP contribution in [0.4, 0.5) is 16.2 Å². The number of benzene rings is 2. The first-order valence-electron chi connectivity index (χ1n) is 12.1. The molecule has 3 heterocycles. The van der Waals surface area contributed by atoms with Crippen LogP contribution in [0.2, 0.25) is 5.02 Å². The Labute approximate surface area is 218 Å². The average Bonchev–Trinajstić information content (AvgIpc) is 3.60. The molecule has 0 radical (unpaired) electrons. The molecule has 1 aliphatic carbocycles. The third-order valence-corrected chi connectivity index (χ3v) is 7.08. The number of carbonyl (C=O) groups is 2. The first-order chi connectivity index (χ1) is 18.1. The van der Waals surface area contributed by atoms with Gasteiger partial charge in [-0.05, 0) is 60.5 Å². The van der Waals surface area contributed by atoms with Crippen molar-refractivity contribution in [3.05, 3.63) is 119 Å². The van der Waals surface area contributed by atoms with Crippen molar-refractivity contribution in [2.45, 2.75) is 31.3 Å². The quantitative estimate of drug-likeness (QED) is 0.313. The minimum atomic E-state index is -0.662. The summed E-state index contributed by atoms with van der Waals surface area (Å²) in [6, 6.07) is 21.2. The molecule has 2 aromatic heterocycles. The van der Waals surface area contributed by atoms with Crippen LogP contribution in [-0.4, -0.2) is 11.8 Å². The second-order valence-corrected chi connectivity index (χ2v) is 9.58. The van der Waals surface area contributed by atoms with Crippen LogP contribution in [0.25, 0.3) is 0 Å². The SMILES string of the molecule is O=C1C[C@@H](c2ccco2)CC2=C1[C@@H](c1ccc(Cl)cc1)N(C(=O)NCc1ccco1)c1ccccc1N2. The molecule has 2 aliphatic rings. The number of nitrogens with one attached hydrogen (secondary N) is 2. The van der Waals surface area contributed by atoms with E-state index in [4.69, 9.17) is 20.4 Å². The first kappa shape index (κ1) is 23.2. The van der Waals surface area contributed by atoms with Crippen LogP contribution in [0, 0.1) is 0 Å². The Balaban J connectivity index is 1.49. The summed E-state index contributed by atoms with van der Waals surface area (Å²) in [7, 11) is 0. The summed E-state index contributed by atoms with van der Waals surface area (Å²) in [6.45, 7) is 0.214. The molecule has 0 fully saturated rings. The summed E-state index contributed by atoms with van der Waals surface area (Å²) >= 11 is 6.21. The Kier molecular flexibility index (Phi) is 6.06. The molecule has 37 heavy (non-hydrogen) atoms. The maximum atomic E-state index is 13.9. The molecule has 0 bridgehead atoms. The van der Waals surface area contributed by atoms with Crippen molar-refractivity contribution in [3.8, 4) is 0 Å². The van der Waals surface area contributed by atoms with Gasteiger partial charge >= 0.3 is 6.03 Å². The van der Waals surface area contributed by atoms with Crippen molar-refractivity contribution in [2.24, 2.45) is 0 Å². The molecule has 2 aromatic carbocycles. The van der Waals surface area contributed by atoms with Crippen LogP contribution < -0.4 is 15.5 Å². The van der Waals surface area contributed by atoms with Gasteiger partial charge in [0.2, 0.25) is 0 Å². The van der Waals surface area contributed by atoms with Gasteiger partial charge in [-0.2, -0.15) is 0 Å². The molecule has 2 N–H and O–H groups in total. The monoisotopic (exact) mass is 513 g/mol. The van der Waals surface area contributed by atoms with Gasteiger partial charge < -0.3 is 19.5 Å². The highest BCUT2D eigenvalue weighted by Crippen LogP contribution is 2.47. The predicted octanol–water partition coefficient (Wildman–Crippen LogP) is 6.81. The number of anilines is 2. The number of amides is 2. The third-order valence-electron chi connectivity index (χ3n) is 6.83. The van der Waals surface area contributed by atoms with Gasteiger partial charge in [-0.25, -0.2) is 4.79 Å². The van der Waals surface area contributed by atoms with Crippen molar-refractivity contribution in [1.82, 2.24) is 5.32 Å². The number of carbonyl (C=O) groups excluding carboxylic acids is 2. The predicted molar refractivity (Wildman–Crippen MR) is 140 cm³/mol. The van der Waals surface area contributed by atoms with Gasteiger partial charge in [-0.3, -0.25) is 9.69 Å². The minimum absolute atomic E-state index is 0.0354. The maximum absolute atomic E-state index is 13.9. The molecule has 2 atom stereocenters. The molecule has 2 amide bonds. The molecule has 1 aliphatic heterocycles. The van der Waals surface area contributed by atoms with E-state index in [0.29, 0.717) is 28.5 Å². The lowest BCUT2D eigenvalue weighted by Crippen LogP contribution is -2.44. The Morgan fingerprint density at radius 3 is 2.51 bits per heavy atom. The molecule has 186 valence electrons. The molecule has 0 spiro atoms. The standard InChI is InChI=1S/C29H24ClN3O4/c30-20-11-9-18(10-12-20)28-27-23(15-19(16-25(27)34)26-8-4-14-37-26)32-22-6-1-2-7-24(22)33(28)29(35)31-17-21-5-3-13-36-21/h1-14,19,28,32H,15-17H2,(H,31,35)/t19-,28+/m0/s1. The summed E-state index contributed by atoms with van der Waals surface area (Å²) in [5, 5.41) is 7.04. The van der Waals surface area contributed by atoms with E-state index in [1.54, 1.807) is 41.7 Å². The second kappa shape index (κ2) is 9.67. The highest BCUT2D eigenvalue weighted by Gasteiger charge is 2.42. The van der Waals surface area contributed by atoms with Gasteiger partial charge in [-0.15, -0.1) is 0 Å². The zero-order valence-corrected chi connectivity index (χ0v) is 20.6. The number of urea groups is 1. The summed E-state index contributed by atoms with van der Waals surface area (Å²) in [5.41, 5.74) is 3.54. The molecule has 7 nitrogen and oxygen atoms in total. The van der Waals surface area contributed by atoms with E-state index in [9.17, 15) is 9.59 Å². The normalized spacial score (nSPS) is 19.1. The Morgan fingerprint density at radius 1 is 0.973 bits per heavy atom. The summed E-state index contributed by atoms with van der Waals surface area (Å²) in [5.74, 6) is 1.28. The molecular formula is C29H24ClN3O4. The number of para-hydroxylation sites is 2. The maximum Gasteiger partial charge on any atom is 0.323 e. The van der Waals surface area contributed by atoms with Crippen LogP contribution in [-0.2, 0) is 11.3 Å². The number of furan rings is 2. The Bertz CT molecular complexity index is 1460. The van der Waals surface area contributed by atoms with Gasteiger partial charge in [0.05, 0.1) is 36.5 Å². The summed E-state index contributed by atoms with van der Waals surface area (Å²) < 4.78 is 11.1. The number of fused-ring (bicyclic) bond motifs is 1. The van der Waals surface area contributed by atoms with Gasteiger partial charge in [-0.1, -0.05) is 35.9 Å². The van der Waals surface area contributed by atoms with Crippen molar-refractivity contribution >= 4 is 34.8 Å². The van der Waals surface area contributed by atoms with Gasteiger partial charge in [0.15, 0.2) is 5.78 Å². The van der Waals surface area contributed by atoms with Crippen LogP contribution in [0.1, 0.15) is 41.9 Å². The highest BCUT2D eigenvalue weighted by molar-refractivity contribution is 6.30. The van der Waals surface area contributed by atoms with E-state index < -0.39 is 6.04 Å². The number of hydrogen-bond donors (Lipinski definition) is 2. The number of hydrogen-bond acceptors (Lipinski definition) is 5. The van der Waals surface area contributed by atoms with E-state index in [1.807, 2.05) is 48.5 Å². The first-order valence-corrected chi connectivity index (χ1v) is 12.5. The lowest BCUT2D eigenvalue weighted by Gasteiger charge is -2.34. The van der Waals surface area contributed by atoms with Gasteiger partial charge in [0.1, 0.15) is 11.5 Å².